The van der Waals surface area contributed by atoms with Crippen molar-refractivity contribution in [1.82, 2.24) is 0 Å². The molecule has 19 heavy (non-hydrogen) atoms. The first-order valence-corrected chi connectivity index (χ1v) is 6.37. The Morgan fingerprint density at radius 2 is 1.58 bits per heavy atom. The van der Waals surface area contributed by atoms with E-state index < -0.39 is 5.54 Å². The highest BCUT2D eigenvalue weighted by Gasteiger charge is 2.29. The Bertz CT molecular complexity index is 484. The topological polar surface area (TPSA) is 84.2 Å². The van der Waals surface area contributed by atoms with E-state index in [1.165, 1.54) is 0 Å². The van der Waals surface area contributed by atoms with Gasteiger partial charge >= 0.3 is 0 Å². The fourth-order valence-electron chi connectivity index (χ4n) is 1.52. The van der Waals surface area contributed by atoms with Gasteiger partial charge in [0.15, 0.2) is 0 Å². The first kappa shape index (κ1) is 13.5. The molecule has 2 rings (SSSR count). The van der Waals surface area contributed by atoms with Gasteiger partial charge in [0.1, 0.15) is 0 Å². The van der Waals surface area contributed by atoms with Crippen molar-refractivity contribution < 1.29 is 9.59 Å². The number of anilines is 2. The summed E-state index contributed by atoms with van der Waals surface area (Å²) in [7, 11) is 0. The summed E-state index contributed by atoms with van der Waals surface area (Å²) in [5, 5.41) is 5.56. The van der Waals surface area contributed by atoms with Crippen molar-refractivity contribution in [3.05, 3.63) is 24.3 Å². The lowest BCUT2D eigenvalue weighted by atomic mass is 10.1. The quantitative estimate of drug-likeness (QED) is 0.771. The van der Waals surface area contributed by atoms with Gasteiger partial charge < -0.3 is 16.4 Å². The maximum Gasteiger partial charge on any atom is 0.243 e. The molecule has 1 aliphatic rings. The number of hydrogen-bond donors (Lipinski definition) is 3. The Kier molecular flexibility index (Phi) is 3.57. The molecule has 0 heterocycles. The highest BCUT2D eigenvalue weighted by Crippen LogP contribution is 2.30. The van der Waals surface area contributed by atoms with Crippen molar-refractivity contribution in [1.29, 1.82) is 0 Å². The largest absolute Gasteiger partial charge is 0.326 e. The van der Waals surface area contributed by atoms with E-state index in [4.69, 9.17) is 5.73 Å². The average molecular weight is 261 g/mol. The number of rotatable bonds is 4. The molecule has 0 atom stereocenters. The second kappa shape index (κ2) is 5.01. The molecular formula is C14H19N3O2. The van der Waals surface area contributed by atoms with Gasteiger partial charge in [-0.2, -0.15) is 0 Å². The second-order valence-electron chi connectivity index (χ2n) is 5.52. The van der Waals surface area contributed by atoms with E-state index in [0.717, 1.165) is 18.5 Å². The van der Waals surface area contributed by atoms with Gasteiger partial charge in [0.25, 0.3) is 0 Å². The standard InChI is InChI=1S/C14H19N3O2/c1-14(2,15)13(19)17-11-7-5-10(6-8-11)16-12(18)9-3-4-9/h5-9H,3-4,15H2,1-2H3,(H,16,18)(H,17,19). The van der Waals surface area contributed by atoms with E-state index in [0.29, 0.717) is 5.69 Å². The molecule has 2 amide bonds. The molecule has 5 nitrogen and oxygen atoms in total. The van der Waals surface area contributed by atoms with Crippen LogP contribution in [0.15, 0.2) is 24.3 Å². The zero-order valence-electron chi connectivity index (χ0n) is 11.2. The smallest absolute Gasteiger partial charge is 0.243 e. The van der Waals surface area contributed by atoms with E-state index in [-0.39, 0.29) is 17.7 Å². The molecule has 1 fully saturated rings. The molecule has 0 saturated heterocycles. The predicted octanol–water partition coefficient (Wildman–Crippen LogP) is 1.71. The molecule has 0 unspecified atom stereocenters. The summed E-state index contributed by atoms with van der Waals surface area (Å²) in [4.78, 5) is 23.3. The summed E-state index contributed by atoms with van der Waals surface area (Å²) in [6, 6.07) is 7.01. The molecule has 0 aliphatic heterocycles. The van der Waals surface area contributed by atoms with E-state index in [2.05, 4.69) is 10.6 Å². The first-order valence-electron chi connectivity index (χ1n) is 6.37. The van der Waals surface area contributed by atoms with Gasteiger partial charge in [-0.3, -0.25) is 9.59 Å². The molecule has 0 radical (unpaired) electrons. The van der Waals surface area contributed by atoms with Crippen LogP contribution in [0.25, 0.3) is 0 Å². The lowest BCUT2D eigenvalue weighted by molar-refractivity contribution is -0.120. The van der Waals surface area contributed by atoms with Crippen LogP contribution in [0.3, 0.4) is 0 Å². The number of hydrogen-bond acceptors (Lipinski definition) is 3. The van der Waals surface area contributed by atoms with Gasteiger partial charge in [-0.05, 0) is 51.0 Å². The van der Waals surface area contributed by atoms with Gasteiger partial charge in [0.2, 0.25) is 11.8 Å². The minimum atomic E-state index is -0.918. The predicted molar refractivity (Wildman–Crippen MR) is 74.7 cm³/mol. The summed E-state index contributed by atoms with van der Waals surface area (Å²) in [5.74, 6) is -0.000406. The molecule has 4 N–H and O–H groups in total. The van der Waals surface area contributed by atoms with E-state index in [1.54, 1.807) is 38.1 Å². The molecule has 0 bridgehead atoms. The number of carbonyl (C=O) groups is 2. The van der Waals surface area contributed by atoms with Crippen LogP contribution in [0.4, 0.5) is 11.4 Å². The minimum Gasteiger partial charge on any atom is -0.326 e. The number of benzene rings is 1. The molecule has 0 aromatic heterocycles. The zero-order chi connectivity index (χ0) is 14.0. The van der Waals surface area contributed by atoms with Gasteiger partial charge in [0.05, 0.1) is 5.54 Å². The Balaban J connectivity index is 1.94. The van der Waals surface area contributed by atoms with Crippen molar-refractivity contribution in [2.75, 3.05) is 10.6 Å². The van der Waals surface area contributed by atoms with Crippen LogP contribution in [0.1, 0.15) is 26.7 Å². The summed E-state index contributed by atoms with van der Waals surface area (Å²) in [6.07, 6.45) is 1.96. The molecule has 1 aromatic carbocycles. The van der Waals surface area contributed by atoms with Crippen LogP contribution in [-0.2, 0) is 9.59 Å². The maximum absolute atomic E-state index is 11.7. The number of nitrogens with two attached hydrogens (primary N) is 1. The summed E-state index contributed by atoms with van der Waals surface area (Å²) < 4.78 is 0. The Morgan fingerprint density at radius 1 is 1.11 bits per heavy atom. The number of amides is 2. The van der Waals surface area contributed by atoms with Crippen LogP contribution in [-0.4, -0.2) is 17.4 Å². The highest BCUT2D eigenvalue weighted by atomic mass is 16.2. The van der Waals surface area contributed by atoms with E-state index in [9.17, 15) is 9.59 Å². The molecule has 5 heteroatoms. The fraction of sp³-hybridized carbons (Fsp3) is 0.429. The Morgan fingerprint density at radius 3 is 2.00 bits per heavy atom. The van der Waals surface area contributed by atoms with Crippen LogP contribution in [0, 0.1) is 5.92 Å². The SMILES string of the molecule is CC(C)(N)C(=O)Nc1ccc(NC(=O)C2CC2)cc1. The van der Waals surface area contributed by atoms with Crippen molar-refractivity contribution >= 4 is 23.2 Å². The van der Waals surface area contributed by atoms with Gasteiger partial charge in [0, 0.05) is 17.3 Å². The van der Waals surface area contributed by atoms with Crippen molar-refractivity contribution in [2.24, 2.45) is 11.7 Å². The lowest BCUT2D eigenvalue weighted by Gasteiger charge is -2.17. The third-order valence-electron chi connectivity index (χ3n) is 2.94. The number of nitrogens with one attached hydrogen (secondary N) is 2. The molecule has 0 spiro atoms. The normalized spacial score (nSPS) is 14.9. The van der Waals surface area contributed by atoms with Crippen LogP contribution >= 0.6 is 0 Å². The molecular weight excluding hydrogens is 242 g/mol. The van der Waals surface area contributed by atoms with Crippen LogP contribution in [0.2, 0.25) is 0 Å². The van der Waals surface area contributed by atoms with E-state index >= 15 is 0 Å². The third kappa shape index (κ3) is 3.79. The fourth-order valence-corrected chi connectivity index (χ4v) is 1.52. The Hall–Kier alpha value is -1.88. The summed E-state index contributed by atoms with van der Waals surface area (Å²) in [6.45, 7) is 3.29. The highest BCUT2D eigenvalue weighted by molar-refractivity contribution is 5.98. The van der Waals surface area contributed by atoms with Gasteiger partial charge in [-0.1, -0.05) is 0 Å². The average Bonchev–Trinajstić information content (AvgIpc) is 3.14. The van der Waals surface area contributed by atoms with E-state index in [1.807, 2.05) is 0 Å². The third-order valence-corrected chi connectivity index (χ3v) is 2.94. The molecule has 1 aromatic rings. The first-order chi connectivity index (χ1) is 8.86. The Labute approximate surface area is 112 Å². The minimum absolute atomic E-state index is 0.0693. The molecule has 1 aliphatic carbocycles. The van der Waals surface area contributed by atoms with Crippen molar-refractivity contribution in [3.8, 4) is 0 Å². The van der Waals surface area contributed by atoms with Crippen molar-refractivity contribution in [2.45, 2.75) is 32.2 Å². The number of carbonyl (C=O) groups excluding carboxylic acids is 2. The lowest BCUT2D eigenvalue weighted by Crippen LogP contribution is -2.45. The maximum atomic E-state index is 11.7. The van der Waals surface area contributed by atoms with Gasteiger partial charge in [-0.25, -0.2) is 0 Å². The molecule has 102 valence electrons. The van der Waals surface area contributed by atoms with Gasteiger partial charge in [-0.15, -0.1) is 0 Å². The van der Waals surface area contributed by atoms with Crippen LogP contribution in [0.5, 0.6) is 0 Å². The van der Waals surface area contributed by atoms with Crippen LogP contribution < -0.4 is 16.4 Å². The zero-order valence-corrected chi connectivity index (χ0v) is 11.2. The summed E-state index contributed by atoms with van der Waals surface area (Å²) >= 11 is 0. The van der Waals surface area contributed by atoms with Crippen molar-refractivity contribution in [3.63, 3.8) is 0 Å². The summed E-state index contributed by atoms with van der Waals surface area (Å²) in [5.41, 5.74) is 6.17. The second-order valence-corrected chi connectivity index (χ2v) is 5.52. The monoisotopic (exact) mass is 261 g/mol. The molecule has 1 saturated carbocycles.